The largest absolute Gasteiger partial charge is 0.343 e. The van der Waals surface area contributed by atoms with Crippen LogP contribution >= 0.6 is 11.6 Å². The number of nitrogens with zero attached hydrogens (tertiary/aromatic N) is 1. The molecule has 0 radical (unpaired) electrons. The van der Waals surface area contributed by atoms with Crippen LogP contribution in [-0.2, 0) is 4.79 Å². The summed E-state index contributed by atoms with van der Waals surface area (Å²) in [5.74, 6) is -0.842. The van der Waals surface area contributed by atoms with Gasteiger partial charge in [0.05, 0.1) is 23.3 Å². The van der Waals surface area contributed by atoms with Crippen molar-refractivity contribution >= 4 is 40.4 Å². The quantitative estimate of drug-likeness (QED) is 0.537. The fourth-order valence-corrected chi connectivity index (χ4v) is 2.70. The van der Waals surface area contributed by atoms with E-state index in [4.69, 9.17) is 11.6 Å². The van der Waals surface area contributed by atoms with Gasteiger partial charge in [-0.25, -0.2) is 5.43 Å². The predicted molar refractivity (Wildman–Crippen MR) is 103 cm³/mol. The van der Waals surface area contributed by atoms with E-state index in [9.17, 15) is 9.59 Å². The highest BCUT2D eigenvalue weighted by Gasteiger charge is 2.10. The van der Waals surface area contributed by atoms with E-state index in [1.807, 2.05) is 42.5 Å². The maximum Gasteiger partial charge on any atom is 0.259 e. The molecule has 3 aromatic carbocycles. The Hall–Kier alpha value is -3.18. The minimum Gasteiger partial charge on any atom is -0.343 e. The van der Waals surface area contributed by atoms with Gasteiger partial charge >= 0.3 is 0 Å². The van der Waals surface area contributed by atoms with Crippen molar-refractivity contribution in [2.75, 3.05) is 6.54 Å². The fourth-order valence-electron chi connectivity index (χ4n) is 2.48. The first-order chi connectivity index (χ1) is 12.6. The number of hydrogen-bond acceptors (Lipinski definition) is 3. The first-order valence-electron chi connectivity index (χ1n) is 7.97. The summed E-state index contributed by atoms with van der Waals surface area (Å²) in [7, 11) is 0. The third kappa shape index (κ3) is 4.26. The molecule has 0 saturated heterocycles. The van der Waals surface area contributed by atoms with Gasteiger partial charge in [0.25, 0.3) is 11.8 Å². The van der Waals surface area contributed by atoms with Crippen molar-refractivity contribution in [3.63, 3.8) is 0 Å². The summed E-state index contributed by atoms with van der Waals surface area (Å²) in [5.41, 5.74) is 3.61. The molecule has 0 fully saturated rings. The Labute approximate surface area is 155 Å². The molecule has 0 atom stereocenters. The van der Waals surface area contributed by atoms with Crippen LogP contribution in [-0.4, -0.2) is 24.6 Å². The molecule has 26 heavy (non-hydrogen) atoms. The van der Waals surface area contributed by atoms with Crippen molar-refractivity contribution in [2.45, 2.75) is 0 Å². The van der Waals surface area contributed by atoms with Gasteiger partial charge in [0.15, 0.2) is 0 Å². The van der Waals surface area contributed by atoms with Crippen molar-refractivity contribution in [1.82, 2.24) is 10.7 Å². The number of amides is 2. The summed E-state index contributed by atoms with van der Waals surface area (Å²) in [4.78, 5) is 23.8. The smallest absolute Gasteiger partial charge is 0.259 e. The third-order valence-corrected chi connectivity index (χ3v) is 4.07. The summed E-state index contributed by atoms with van der Waals surface area (Å²) in [6.45, 7) is -0.197. The van der Waals surface area contributed by atoms with Crippen molar-refractivity contribution in [2.24, 2.45) is 5.10 Å². The number of rotatable bonds is 5. The number of hydrazone groups is 1. The van der Waals surface area contributed by atoms with Crippen LogP contribution in [0.1, 0.15) is 15.9 Å². The lowest BCUT2D eigenvalue weighted by atomic mass is 10.1. The molecule has 5 nitrogen and oxygen atoms in total. The van der Waals surface area contributed by atoms with E-state index < -0.39 is 11.8 Å². The van der Waals surface area contributed by atoms with Crippen LogP contribution in [0.2, 0.25) is 5.02 Å². The van der Waals surface area contributed by atoms with Crippen LogP contribution in [0, 0.1) is 0 Å². The molecule has 0 bridgehead atoms. The Morgan fingerprint density at radius 3 is 2.54 bits per heavy atom. The number of fused-ring (bicyclic) bond motifs is 1. The molecule has 0 spiro atoms. The van der Waals surface area contributed by atoms with E-state index in [0.717, 1.165) is 16.3 Å². The monoisotopic (exact) mass is 365 g/mol. The second-order valence-electron chi connectivity index (χ2n) is 5.52. The van der Waals surface area contributed by atoms with Gasteiger partial charge in [-0.05, 0) is 22.9 Å². The van der Waals surface area contributed by atoms with Crippen LogP contribution in [0.3, 0.4) is 0 Å². The summed E-state index contributed by atoms with van der Waals surface area (Å²) in [6.07, 6.45) is 1.58. The summed E-state index contributed by atoms with van der Waals surface area (Å²) >= 11 is 5.95. The molecule has 0 aliphatic heterocycles. The SMILES string of the molecule is O=C(CNC(=O)c1ccccc1Cl)N/N=C/c1cccc2ccccc12. The molecular weight excluding hydrogens is 350 g/mol. The number of benzene rings is 3. The molecule has 0 saturated carbocycles. The van der Waals surface area contributed by atoms with Crippen LogP contribution in [0.15, 0.2) is 71.8 Å². The highest BCUT2D eigenvalue weighted by molar-refractivity contribution is 6.33. The lowest BCUT2D eigenvalue weighted by Crippen LogP contribution is -2.35. The van der Waals surface area contributed by atoms with Gasteiger partial charge in [0.2, 0.25) is 0 Å². The van der Waals surface area contributed by atoms with E-state index in [0.29, 0.717) is 10.6 Å². The fraction of sp³-hybridized carbons (Fsp3) is 0.0500. The van der Waals surface area contributed by atoms with Gasteiger partial charge in [-0.3, -0.25) is 9.59 Å². The molecular formula is C20H16ClN3O2. The van der Waals surface area contributed by atoms with Crippen LogP contribution in [0.4, 0.5) is 0 Å². The van der Waals surface area contributed by atoms with E-state index in [1.54, 1.807) is 30.5 Å². The zero-order chi connectivity index (χ0) is 18.4. The first-order valence-corrected chi connectivity index (χ1v) is 8.35. The van der Waals surface area contributed by atoms with Crippen LogP contribution < -0.4 is 10.7 Å². The Kier molecular flexibility index (Phi) is 5.61. The van der Waals surface area contributed by atoms with E-state index in [2.05, 4.69) is 15.8 Å². The zero-order valence-corrected chi connectivity index (χ0v) is 14.5. The van der Waals surface area contributed by atoms with Gasteiger partial charge in [-0.2, -0.15) is 5.10 Å². The van der Waals surface area contributed by atoms with E-state index in [-0.39, 0.29) is 6.54 Å². The number of carbonyl (C=O) groups is 2. The standard InChI is InChI=1S/C20H16ClN3O2/c21-18-11-4-3-10-17(18)20(26)22-13-19(25)24-23-12-15-8-5-7-14-6-1-2-9-16(14)15/h1-12H,13H2,(H,22,26)(H,24,25)/b23-12+. The second-order valence-corrected chi connectivity index (χ2v) is 5.93. The number of carbonyl (C=O) groups excluding carboxylic acids is 2. The molecule has 6 heteroatoms. The van der Waals surface area contributed by atoms with Crippen LogP contribution in [0.25, 0.3) is 10.8 Å². The number of halogens is 1. The lowest BCUT2D eigenvalue weighted by molar-refractivity contribution is -0.120. The van der Waals surface area contributed by atoms with Crippen molar-refractivity contribution in [3.8, 4) is 0 Å². The van der Waals surface area contributed by atoms with Crippen molar-refractivity contribution < 1.29 is 9.59 Å². The lowest BCUT2D eigenvalue weighted by Gasteiger charge is -2.05. The maximum absolute atomic E-state index is 12.0. The summed E-state index contributed by atoms with van der Waals surface area (Å²) < 4.78 is 0. The minimum absolute atomic E-state index is 0.197. The van der Waals surface area contributed by atoms with Gasteiger partial charge in [0.1, 0.15) is 0 Å². The molecule has 0 aromatic heterocycles. The summed E-state index contributed by atoms with van der Waals surface area (Å²) in [6, 6.07) is 20.4. The Morgan fingerprint density at radius 2 is 1.69 bits per heavy atom. The van der Waals surface area contributed by atoms with Crippen LogP contribution in [0.5, 0.6) is 0 Å². The van der Waals surface area contributed by atoms with Gasteiger partial charge in [0, 0.05) is 5.56 Å². The van der Waals surface area contributed by atoms with Gasteiger partial charge in [-0.1, -0.05) is 66.2 Å². The van der Waals surface area contributed by atoms with Gasteiger partial charge in [-0.15, -0.1) is 0 Å². The highest BCUT2D eigenvalue weighted by Crippen LogP contribution is 2.16. The Bertz CT molecular complexity index is 980. The molecule has 0 unspecified atom stereocenters. The molecule has 0 heterocycles. The number of hydrogen-bond donors (Lipinski definition) is 2. The zero-order valence-electron chi connectivity index (χ0n) is 13.8. The summed E-state index contributed by atoms with van der Waals surface area (Å²) in [5, 5.41) is 8.93. The van der Waals surface area contributed by atoms with Crippen molar-refractivity contribution in [3.05, 3.63) is 82.9 Å². The molecule has 2 N–H and O–H groups in total. The second kappa shape index (κ2) is 8.27. The van der Waals surface area contributed by atoms with E-state index >= 15 is 0 Å². The van der Waals surface area contributed by atoms with Crippen molar-refractivity contribution in [1.29, 1.82) is 0 Å². The molecule has 3 rings (SSSR count). The average Bonchev–Trinajstić information content (AvgIpc) is 2.66. The topological polar surface area (TPSA) is 70.6 Å². The van der Waals surface area contributed by atoms with Gasteiger partial charge < -0.3 is 5.32 Å². The Balaban J connectivity index is 1.56. The molecule has 0 aliphatic carbocycles. The van der Waals surface area contributed by atoms with E-state index in [1.165, 1.54) is 0 Å². The maximum atomic E-state index is 12.0. The third-order valence-electron chi connectivity index (χ3n) is 3.74. The first kappa shape index (κ1) is 17.6. The molecule has 3 aromatic rings. The normalized spacial score (nSPS) is 10.8. The molecule has 0 aliphatic rings. The average molecular weight is 366 g/mol. The molecule has 130 valence electrons. The predicted octanol–water partition coefficient (Wildman–Crippen LogP) is 3.37. The minimum atomic E-state index is -0.429. The highest BCUT2D eigenvalue weighted by atomic mass is 35.5. The molecule has 2 amide bonds. The number of nitrogens with one attached hydrogen (secondary N) is 2. The Morgan fingerprint density at radius 1 is 0.962 bits per heavy atom.